The lowest BCUT2D eigenvalue weighted by Gasteiger charge is -2.15. The third-order valence-corrected chi connectivity index (χ3v) is 12.7. The van der Waals surface area contributed by atoms with Gasteiger partial charge in [0.15, 0.2) is 0 Å². The van der Waals surface area contributed by atoms with Crippen LogP contribution in [0.25, 0.3) is 112 Å². The SMILES string of the molecule is c1ccc2c(c1)c1ccccc1n2-c1cc(-c2ccc3nc4c(cc3c2)sc2ccncc24)cc(-c2ccc3nc4c(cc3c2)sc2ccncc24)c1. The Hall–Kier alpha value is -6.54. The molecule has 0 unspecified atom stereocenters. The standard InChI is InChI=1S/C46H25N5S2/c1-3-7-39-33(5-1)34-6-2-4-8-40(34)51(39)32-20-28(26-9-11-37-30(17-26)22-43-45(49-37)35-24-47-15-13-41(35)52-43)19-29(21-32)27-10-12-38-31(18-27)23-44-46(50-38)36-25-48-16-14-42(36)53-44/h1-25H. The summed E-state index contributed by atoms with van der Waals surface area (Å²) in [5.41, 5.74) is 12.1. The zero-order valence-electron chi connectivity index (χ0n) is 28.0. The van der Waals surface area contributed by atoms with Crippen molar-refractivity contribution in [2.24, 2.45) is 0 Å². The molecule has 0 bridgehead atoms. The summed E-state index contributed by atoms with van der Waals surface area (Å²) in [6.07, 6.45) is 7.56. The van der Waals surface area contributed by atoms with Gasteiger partial charge in [-0.05, 0) is 101 Å². The van der Waals surface area contributed by atoms with E-state index in [1.54, 1.807) is 22.7 Å². The maximum Gasteiger partial charge on any atom is 0.0911 e. The first-order chi connectivity index (χ1) is 26.2. The number of rotatable bonds is 3. The van der Waals surface area contributed by atoms with Crippen LogP contribution in [0.2, 0.25) is 0 Å². The summed E-state index contributed by atoms with van der Waals surface area (Å²) in [6, 6.07) is 46.4. The smallest absolute Gasteiger partial charge is 0.0911 e. The molecule has 0 radical (unpaired) electrons. The first-order valence-corrected chi connectivity index (χ1v) is 19.1. The van der Waals surface area contributed by atoms with Crippen LogP contribution in [0.4, 0.5) is 0 Å². The molecule has 0 amide bonds. The molecule has 0 aliphatic heterocycles. The second kappa shape index (κ2) is 11.0. The molecule has 0 atom stereocenters. The fraction of sp³-hybridized carbons (Fsp3) is 0. The van der Waals surface area contributed by atoms with Gasteiger partial charge in [-0.15, -0.1) is 22.7 Å². The van der Waals surface area contributed by atoms with E-state index in [0.29, 0.717) is 0 Å². The number of thiophene rings is 2. The summed E-state index contributed by atoms with van der Waals surface area (Å²) in [5, 5.41) is 6.95. The van der Waals surface area contributed by atoms with Crippen LogP contribution in [0.3, 0.4) is 0 Å². The molecule has 0 N–H and O–H groups in total. The number of pyridine rings is 4. The average molecular weight is 712 g/mol. The fourth-order valence-electron chi connectivity index (χ4n) is 8.02. The van der Waals surface area contributed by atoms with E-state index in [4.69, 9.17) is 9.97 Å². The van der Waals surface area contributed by atoms with Gasteiger partial charge in [-0.25, -0.2) is 9.97 Å². The normalized spacial score (nSPS) is 12.2. The highest BCUT2D eigenvalue weighted by molar-refractivity contribution is 7.26. The molecule has 5 aromatic carbocycles. The molecule has 0 aliphatic rings. The number of para-hydroxylation sites is 2. The predicted octanol–water partition coefficient (Wildman–Crippen LogP) is 12.7. The van der Waals surface area contributed by atoms with Crippen LogP contribution >= 0.6 is 22.7 Å². The van der Waals surface area contributed by atoms with Crippen LogP contribution in [0.15, 0.2) is 152 Å². The summed E-state index contributed by atoms with van der Waals surface area (Å²) in [5.74, 6) is 0. The number of nitrogens with zero attached hydrogens (tertiary/aromatic N) is 5. The van der Waals surface area contributed by atoms with E-state index in [9.17, 15) is 0 Å². The highest BCUT2D eigenvalue weighted by Crippen LogP contribution is 2.40. The van der Waals surface area contributed by atoms with Gasteiger partial charge < -0.3 is 4.57 Å². The zero-order chi connectivity index (χ0) is 34.6. The molecular formula is C46H25N5S2. The fourth-order valence-corrected chi connectivity index (χ4v) is 10.1. The van der Waals surface area contributed by atoms with E-state index >= 15 is 0 Å². The highest BCUT2D eigenvalue weighted by atomic mass is 32.1. The van der Waals surface area contributed by atoms with Gasteiger partial charge in [-0.3, -0.25) is 9.97 Å². The maximum atomic E-state index is 5.11. The van der Waals surface area contributed by atoms with E-state index in [1.807, 2.05) is 24.8 Å². The van der Waals surface area contributed by atoms with Gasteiger partial charge in [0.1, 0.15) is 0 Å². The number of fused-ring (bicyclic) bond motifs is 11. The summed E-state index contributed by atoms with van der Waals surface area (Å²) in [4.78, 5) is 19.0. The van der Waals surface area contributed by atoms with Gasteiger partial charge in [0.2, 0.25) is 0 Å². The minimum atomic E-state index is 0.981. The molecule has 246 valence electrons. The Morgan fingerprint density at radius 1 is 0.415 bits per heavy atom. The largest absolute Gasteiger partial charge is 0.309 e. The van der Waals surface area contributed by atoms with Crippen molar-refractivity contribution < 1.29 is 0 Å². The molecule has 0 fully saturated rings. The Balaban J connectivity index is 1.09. The molecule has 0 saturated heterocycles. The Morgan fingerprint density at radius 2 is 0.925 bits per heavy atom. The van der Waals surface area contributed by atoms with E-state index in [-0.39, 0.29) is 0 Å². The van der Waals surface area contributed by atoms with Crippen LogP contribution in [0, 0.1) is 0 Å². The topological polar surface area (TPSA) is 56.5 Å². The van der Waals surface area contributed by atoms with Crippen molar-refractivity contribution in [1.29, 1.82) is 0 Å². The Bertz CT molecular complexity index is 3260. The van der Waals surface area contributed by atoms with Gasteiger partial charge >= 0.3 is 0 Å². The van der Waals surface area contributed by atoms with Crippen LogP contribution in [0.5, 0.6) is 0 Å². The number of aromatic nitrogens is 5. The predicted molar refractivity (Wildman–Crippen MR) is 224 cm³/mol. The summed E-state index contributed by atoms with van der Waals surface area (Å²) >= 11 is 3.54. The number of hydrogen-bond acceptors (Lipinski definition) is 6. The lowest BCUT2D eigenvalue weighted by Crippen LogP contribution is -1.96. The van der Waals surface area contributed by atoms with Crippen LogP contribution < -0.4 is 0 Å². The molecule has 12 aromatic rings. The number of hydrogen-bond donors (Lipinski definition) is 0. The first kappa shape index (κ1) is 29.1. The van der Waals surface area contributed by atoms with Crippen molar-refractivity contribution in [3.05, 3.63) is 152 Å². The summed E-state index contributed by atoms with van der Waals surface area (Å²) in [6.45, 7) is 0. The van der Waals surface area contributed by atoms with Crippen molar-refractivity contribution in [2.75, 3.05) is 0 Å². The molecule has 0 spiro atoms. The van der Waals surface area contributed by atoms with Crippen molar-refractivity contribution in [3.63, 3.8) is 0 Å². The van der Waals surface area contributed by atoms with Gasteiger partial charge in [0, 0.05) is 72.2 Å². The van der Waals surface area contributed by atoms with Crippen LogP contribution in [-0.2, 0) is 0 Å². The van der Waals surface area contributed by atoms with E-state index in [0.717, 1.165) is 71.6 Å². The Kier molecular flexibility index (Phi) is 6.03. The van der Waals surface area contributed by atoms with Crippen molar-refractivity contribution in [1.82, 2.24) is 24.5 Å². The molecule has 12 rings (SSSR count). The molecular weight excluding hydrogens is 687 g/mol. The molecule has 53 heavy (non-hydrogen) atoms. The first-order valence-electron chi connectivity index (χ1n) is 17.5. The third kappa shape index (κ3) is 4.41. The van der Waals surface area contributed by atoms with Gasteiger partial charge in [0.25, 0.3) is 0 Å². The minimum absolute atomic E-state index is 0.981. The van der Waals surface area contributed by atoms with Gasteiger partial charge in [0.05, 0.1) is 42.5 Å². The molecule has 0 saturated carbocycles. The molecule has 7 heterocycles. The Morgan fingerprint density at radius 3 is 1.45 bits per heavy atom. The lowest BCUT2D eigenvalue weighted by atomic mass is 9.96. The highest BCUT2D eigenvalue weighted by Gasteiger charge is 2.16. The molecule has 5 nitrogen and oxygen atoms in total. The minimum Gasteiger partial charge on any atom is -0.309 e. The van der Waals surface area contributed by atoms with E-state index in [1.165, 1.54) is 40.6 Å². The van der Waals surface area contributed by atoms with Crippen LogP contribution in [-0.4, -0.2) is 24.5 Å². The third-order valence-electron chi connectivity index (χ3n) is 10.5. The van der Waals surface area contributed by atoms with E-state index < -0.39 is 0 Å². The monoisotopic (exact) mass is 711 g/mol. The molecule has 7 aromatic heterocycles. The zero-order valence-corrected chi connectivity index (χ0v) is 29.6. The summed E-state index contributed by atoms with van der Waals surface area (Å²) in [7, 11) is 0. The quantitative estimate of drug-likeness (QED) is 0.183. The lowest BCUT2D eigenvalue weighted by molar-refractivity contribution is 1.18. The average Bonchev–Trinajstić information content (AvgIpc) is 3.87. The number of benzene rings is 5. The van der Waals surface area contributed by atoms with Gasteiger partial charge in [-0.1, -0.05) is 48.5 Å². The maximum absolute atomic E-state index is 5.11. The Labute approximate surface area is 310 Å². The summed E-state index contributed by atoms with van der Waals surface area (Å²) < 4.78 is 7.17. The molecule has 0 aliphatic carbocycles. The van der Waals surface area contributed by atoms with Crippen molar-refractivity contribution in [3.8, 4) is 27.9 Å². The second-order valence-electron chi connectivity index (χ2n) is 13.6. The van der Waals surface area contributed by atoms with Crippen molar-refractivity contribution >= 4 is 107 Å². The van der Waals surface area contributed by atoms with Crippen LogP contribution in [0.1, 0.15) is 0 Å². The van der Waals surface area contributed by atoms with Crippen molar-refractivity contribution in [2.45, 2.75) is 0 Å². The van der Waals surface area contributed by atoms with E-state index in [2.05, 4.69) is 142 Å². The van der Waals surface area contributed by atoms with Gasteiger partial charge in [-0.2, -0.15) is 0 Å². The molecule has 7 heteroatoms. The second-order valence-corrected chi connectivity index (χ2v) is 15.7.